The number of anilines is 2. The molecule has 1 heterocycles. The number of hydrogen-bond acceptors (Lipinski definition) is 2. The predicted molar refractivity (Wildman–Crippen MR) is 90.5 cm³/mol. The first-order valence-corrected chi connectivity index (χ1v) is 7.93. The Hall–Kier alpha value is -2.96. The van der Waals surface area contributed by atoms with Crippen molar-refractivity contribution in [2.24, 2.45) is 0 Å². The van der Waals surface area contributed by atoms with E-state index in [0.717, 1.165) is 5.56 Å². The highest BCUT2D eigenvalue weighted by atomic mass is 19.1. The molecule has 7 heteroatoms. The van der Waals surface area contributed by atoms with Crippen molar-refractivity contribution in [2.75, 3.05) is 17.2 Å². The van der Waals surface area contributed by atoms with Gasteiger partial charge in [0.2, 0.25) is 5.91 Å². The van der Waals surface area contributed by atoms with Crippen molar-refractivity contribution in [3.63, 3.8) is 0 Å². The van der Waals surface area contributed by atoms with E-state index in [1.807, 2.05) is 0 Å². The number of rotatable bonds is 4. The summed E-state index contributed by atoms with van der Waals surface area (Å²) in [5, 5.41) is 7.61. The Morgan fingerprint density at radius 3 is 2.72 bits per heavy atom. The van der Waals surface area contributed by atoms with Crippen molar-refractivity contribution in [2.45, 2.75) is 19.3 Å². The fraction of sp³-hybridized carbons (Fsp3) is 0.222. The Labute approximate surface area is 143 Å². The molecule has 0 atom stereocenters. The average Bonchev–Trinajstić information content (AvgIpc) is 2.57. The Balaban J connectivity index is 1.58. The lowest BCUT2D eigenvalue weighted by Crippen LogP contribution is -2.31. The molecule has 0 bridgehead atoms. The predicted octanol–water partition coefficient (Wildman–Crippen LogP) is 3.21. The summed E-state index contributed by atoms with van der Waals surface area (Å²) in [5.74, 6) is -1.11. The van der Waals surface area contributed by atoms with Crippen LogP contribution in [0.2, 0.25) is 0 Å². The van der Waals surface area contributed by atoms with Crippen LogP contribution in [0.15, 0.2) is 36.4 Å². The van der Waals surface area contributed by atoms with Crippen molar-refractivity contribution >= 4 is 23.3 Å². The lowest BCUT2D eigenvalue weighted by atomic mass is 10.0. The van der Waals surface area contributed by atoms with Crippen molar-refractivity contribution in [3.8, 4) is 0 Å². The third-order valence-electron chi connectivity index (χ3n) is 3.97. The minimum absolute atomic E-state index is 0.0401. The van der Waals surface area contributed by atoms with Gasteiger partial charge in [0.1, 0.15) is 11.6 Å². The van der Waals surface area contributed by atoms with Crippen molar-refractivity contribution in [3.05, 3.63) is 59.2 Å². The van der Waals surface area contributed by atoms with E-state index in [0.29, 0.717) is 30.5 Å². The minimum Gasteiger partial charge on any atom is -0.338 e. The first-order chi connectivity index (χ1) is 12.0. The summed E-state index contributed by atoms with van der Waals surface area (Å²) >= 11 is 0. The second-order valence-electron chi connectivity index (χ2n) is 5.76. The van der Waals surface area contributed by atoms with Gasteiger partial charge in [0, 0.05) is 18.7 Å². The molecule has 3 amide bonds. The van der Waals surface area contributed by atoms with Gasteiger partial charge in [-0.05, 0) is 42.2 Å². The van der Waals surface area contributed by atoms with Crippen LogP contribution in [0.3, 0.4) is 0 Å². The third kappa shape index (κ3) is 4.12. The quantitative estimate of drug-likeness (QED) is 0.796. The van der Waals surface area contributed by atoms with Crippen LogP contribution in [0.4, 0.5) is 25.0 Å². The molecule has 3 rings (SSSR count). The van der Waals surface area contributed by atoms with Crippen molar-refractivity contribution < 1.29 is 18.4 Å². The Morgan fingerprint density at radius 1 is 1.12 bits per heavy atom. The van der Waals surface area contributed by atoms with E-state index in [4.69, 9.17) is 0 Å². The highest BCUT2D eigenvalue weighted by molar-refractivity contribution is 5.95. The van der Waals surface area contributed by atoms with E-state index in [1.54, 1.807) is 18.2 Å². The molecule has 0 saturated heterocycles. The number of hydrogen-bond donors (Lipinski definition) is 3. The lowest BCUT2D eigenvalue weighted by Gasteiger charge is -2.18. The molecule has 1 aliphatic heterocycles. The number of halogens is 2. The number of fused-ring (bicyclic) bond motifs is 1. The molecule has 0 fully saturated rings. The molecular weight excluding hydrogens is 328 g/mol. The monoisotopic (exact) mass is 345 g/mol. The van der Waals surface area contributed by atoms with E-state index >= 15 is 0 Å². The molecule has 0 unspecified atom stereocenters. The van der Waals surface area contributed by atoms with Crippen LogP contribution in [0, 0.1) is 11.6 Å². The van der Waals surface area contributed by atoms with E-state index in [2.05, 4.69) is 16.0 Å². The second kappa shape index (κ2) is 7.29. The fourth-order valence-electron chi connectivity index (χ4n) is 2.68. The van der Waals surface area contributed by atoms with Crippen molar-refractivity contribution in [1.82, 2.24) is 5.32 Å². The maximum absolute atomic E-state index is 14.1. The Bertz CT molecular complexity index is 824. The van der Waals surface area contributed by atoms with Gasteiger partial charge >= 0.3 is 6.03 Å². The van der Waals surface area contributed by atoms with Gasteiger partial charge in [-0.3, -0.25) is 4.79 Å². The summed E-state index contributed by atoms with van der Waals surface area (Å²) in [6, 6.07) is 8.46. The zero-order valence-electron chi connectivity index (χ0n) is 13.4. The smallest absolute Gasteiger partial charge is 0.319 e. The van der Waals surface area contributed by atoms with Crippen LogP contribution in [-0.2, 0) is 17.6 Å². The number of carbonyl (C=O) groups excluding carboxylic acids is 2. The summed E-state index contributed by atoms with van der Waals surface area (Å²) in [5.41, 5.74) is 1.73. The largest absolute Gasteiger partial charge is 0.338 e. The summed E-state index contributed by atoms with van der Waals surface area (Å²) in [4.78, 5) is 23.2. The van der Waals surface area contributed by atoms with Gasteiger partial charge in [-0.2, -0.15) is 0 Å². The summed E-state index contributed by atoms with van der Waals surface area (Å²) in [6.45, 7) is 0.218. The number of aryl methyl sites for hydroxylation is 1. The number of nitrogens with one attached hydrogen (secondary N) is 3. The molecule has 0 spiro atoms. The summed E-state index contributed by atoms with van der Waals surface area (Å²) in [6.07, 6.45) is 1.15. The van der Waals surface area contributed by atoms with Crippen LogP contribution in [0.1, 0.15) is 17.5 Å². The van der Waals surface area contributed by atoms with Crippen LogP contribution in [0.25, 0.3) is 0 Å². The third-order valence-corrected chi connectivity index (χ3v) is 3.97. The van der Waals surface area contributed by atoms with E-state index in [9.17, 15) is 18.4 Å². The zero-order valence-corrected chi connectivity index (χ0v) is 13.4. The molecule has 2 aromatic carbocycles. The van der Waals surface area contributed by atoms with Gasteiger partial charge in [0.05, 0.1) is 5.69 Å². The van der Waals surface area contributed by atoms with Gasteiger partial charge in [0.15, 0.2) is 0 Å². The van der Waals surface area contributed by atoms with Gasteiger partial charge in [0.25, 0.3) is 0 Å². The highest BCUT2D eigenvalue weighted by Gasteiger charge is 2.18. The molecule has 25 heavy (non-hydrogen) atoms. The first kappa shape index (κ1) is 16.9. The molecule has 0 radical (unpaired) electrons. The van der Waals surface area contributed by atoms with Gasteiger partial charge < -0.3 is 16.0 Å². The number of amides is 3. The highest BCUT2D eigenvalue weighted by Crippen LogP contribution is 2.28. The van der Waals surface area contributed by atoms with Crippen LogP contribution in [-0.4, -0.2) is 18.5 Å². The van der Waals surface area contributed by atoms with Crippen LogP contribution >= 0.6 is 0 Å². The second-order valence-corrected chi connectivity index (χ2v) is 5.76. The molecule has 0 saturated carbocycles. The minimum atomic E-state index is -0.634. The molecule has 0 aliphatic carbocycles. The Morgan fingerprint density at radius 2 is 1.92 bits per heavy atom. The van der Waals surface area contributed by atoms with E-state index < -0.39 is 11.8 Å². The Kier molecular flexibility index (Phi) is 4.92. The molecular formula is C18H17F2N3O2. The van der Waals surface area contributed by atoms with Crippen LogP contribution in [0.5, 0.6) is 0 Å². The van der Waals surface area contributed by atoms with Gasteiger partial charge in [-0.25, -0.2) is 13.6 Å². The molecule has 0 aromatic heterocycles. The van der Waals surface area contributed by atoms with Gasteiger partial charge in [-0.15, -0.1) is 0 Å². The summed E-state index contributed by atoms with van der Waals surface area (Å²) < 4.78 is 27.6. The SMILES string of the molecule is O=C1CCc2cc(NC(=O)NCCc3ccccc3F)c(F)cc2N1. The molecule has 130 valence electrons. The van der Waals surface area contributed by atoms with Crippen molar-refractivity contribution in [1.29, 1.82) is 0 Å². The standard InChI is InChI=1S/C18H17F2N3O2/c19-13-4-2-1-3-11(13)7-8-21-18(25)23-16-9-12-5-6-17(24)22-15(12)10-14(16)20/h1-4,9-10H,5-8H2,(H,22,24)(H2,21,23,25). The summed E-state index contributed by atoms with van der Waals surface area (Å²) in [7, 11) is 0. The number of benzene rings is 2. The molecule has 3 N–H and O–H groups in total. The van der Waals surface area contributed by atoms with Crippen LogP contribution < -0.4 is 16.0 Å². The number of urea groups is 1. The van der Waals surface area contributed by atoms with E-state index in [-0.39, 0.29) is 24.0 Å². The van der Waals surface area contributed by atoms with Gasteiger partial charge in [-0.1, -0.05) is 18.2 Å². The maximum Gasteiger partial charge on any atom is 0.319 e. The average molecular weight is 345 g/mol. The normalized spacial score (nSPS) is 13.0. The molecule has 2 aromatic rings. The topological polar surface area (TPSA) is 70.2 Å². The van der Waals surface area contributed by atoms with E-state index in [1.165, 1.54) is 18.2 Å². The molecule has 1 aliphatic rings. The first-order valence-electron chi connectivity index (χ1n) is 7.93. The lowest BCUT2D eigenvalue weighted by molar-refractivity contribution is -0.116. The fourth-order valence-corrected chi connectivity index (χ4v) is 2.68. The zero-order chi connectivity index (χ0) is 17.8. The molecule has 5 nitrogen and oxygen atoms in total. The maximum atomic E-state index is 14.1. The number of carbonyl (C=O) groups is 2.